The molecular formula is C16H18ClN5O2. The number of rotatable bonds is 5. The fourth-order valence-electron chi connectivity index (χ4n) is 2.48. The van der Waals surface area contributed by atoms with E-state index in [1.165, 1.54) is 0 Å². The molecule has 8 heteroatoms. The summed E-state index contributed by atoms with van der Waals surface area (Å²) >= 11 is 5.83. The Labute approximate surface area is 144 Å². The van der Waals surface area contributed by atoms with E-state index >= 15 is 0 Å². The van der Waals surface area contributed by atoms with Crippen LogP contribution in [0.1, 0.15) is 27.6 Å². The van der Waals surface area contributed by atoms with Crippen molar-refractivity contribution in [3.63, 3.8) is 0 Å². The number of aromatic nitrogens is 4. The summed E-state index contributed by atoms with van der Waals surface area (Å²) < 4.78 is 9.03. The second kappa shape index (κ2) is 6.52. The first-order valence-corrected chi connectivity index (χ1v) is 7.81. The van der Waals surface area contributed by atoms with Gasteiger partial charge in [0.1, 0.15) is 5.76 Å². The molecule has 24 heavy (non-hydrogen) atoms. The van der Waals surface area contributed by atoms with Crippen molar-refractivity contribution in [1.82, 2.24) is 24.5 Å². The summed E-state index contributed by atoms with van der Waals surface area (Å²) in [5, 5.41) is 8.93. The number of carbonyl (C=O) groups is 1. The number of nitrogens with zero attached hydrogens (tertiary/aromatic N) is 5. The van der Waals surface area contributed by atoms with Crippen LogP contribution in [-0.4, -0.2) is 37.4 Å². The fourth-order valence-corrected chi connectivity index (χ4v) is 2.64. The molecule has 126 valence electrons. The SMILES string of the molecule is Cc1nn(C)cc1CN(C)C(=O)c1ccc(Cn2cc(Cl)cn2)o1. The van der Waals surface area contributed by atoms with E-state index in [4.69, 9.17) is 16.0 Å². The van der Waals surface area contributed by atoms with Gasteiger partial charge in [0, 0.05) is 38.6 Å². The standard InChI is InChI=1S/C16H18ClN5O2/c1-11-12(8-21(3)19-11)7-20(2)16(23)15-5-4-14(24-15)10-22-9-13(17)6-18-22/h4-6,8-9H,7,10H2,1-3H3. The number of hydrogen-bond acceptors (Lipinski definition) is 4. The lowest BCUT2D eigenvalue weighted by atomic mass is 10.2. The van der Waals surface area contributed by atoms with Crippen molar-refractivity contribution in [2.24, 2.45) is 7.05 Å². The predicted octanol–water partition coefficient (Wildman–Crippen LogP) is 2.49. The topological polar surface area (TPSA) is 69.1 Å². The maximum atomic E-state index is 12.5. The van der Waals surface area contributed by atoms with Gasteiger partial charge < -0.3 is 9.32 Å². The molecular weight excluding hydrogens is 330 g/mol. The van der Waals surface area contributed by atoms with Crippen LogP contribution in [0.3, 0.4) is 0 Å². The number of furan rings is 1. The maximum absolute atomic E-state index is 12.5. The third-order valence-corrected chi connectivity index (χ3v) is 3.86. The minimum absolute atomic E-state index is 0.178. The Kier molecular flexibility index (Phi) is 4.44. The van der Waals surface area contributed by atoms with Crippen LogP contribution < -0.4 is 0 Å². The van der Waals surface area contributed by atoms with Crippen LogP contribution in [0, 0.1) is 6.92 Å². The summed E-state index contributed by atoms with van der Waals surface area (Å²) in [6, 6.07) is 3.45. The summed E-state index contributed by atoms with van der Waals surface area (Å²) in [6.07, 6.45) is 5.16. The van der Waals surface area contributed by atoms with Crippen molar-refractivity contribution in [2.45, 2.75) is 20.0 Å². The lowest BCUT2D eigenvalue weighted by Gasteiger charge is -2.15. The van der Waals surface area contributed by atoms with Gasteiger partial charge in [-0.25, -0.2) is 0 Å². The molecule has 0 saturated carbocycles. The molecule has 3 aromatic rings. The molecule has 0 aliphatic rings. The van der Waals surface area contributed by atoms with Gasteiger partial charge in [-0.3, -0.25) is 14.2 Å². The molecule has 0 N–H and O–H groups in total. The Morgan fingerprint density at radius 1 is 1.38 bits per heavy atom. The van der Waals surface area contributed by atoms with Crippen LogP contribution in [0.25, 0.3) is 0 Å². The summed E-state index contributed by atoms with van der Waals surface area (Å²) in [7, 11) is 3.60. The van der Waals surface area contributed by atoms with Gasteiger partial charge in [-0.15, -0.1) is 0 Å². The smallest absolute Gasteiger partial charge is 0.289 e. The summed E-state index contributed by atoms with van der Waals surface area (Å²) in [5.74, 6) is 0.763. The Morgan fingerprint density at radius 2 is 2.17 bits per heavy atom. The zero-order valence-corrected chi connectivity index (χ0v) is 14.5. The minimum atomic E-state index is -0.178. The minimum Gasteiger partial charge on any atom is -0.454 e. The van der Waals surface area contributed by atoms with Crippen LogP contribution in [0.5, 0.6) is 0 Å². The van der Waals surface area contributed by atoms with Crippen molar-refractivity contribution < 1.29 is 9.21 Å². The largest absolute Gasteiger partial charge is 0.454 e. The first-order chi connectivity index (χ1) is 11.4. The normalized spacial score (nSPS) is 11.0. The molecule has 0 spiro atoms. The Hall–Kier alpha value is -2.54. The molecule has 0 bridgehead atoms. The highest BCUT2D eigenvalue weighted by Crippen LogP contribution is 2.15. The Morgan fingerprint density at radius 3 is 2.79 bits per heavy atom. The van der Waals surface area contributed by atoms with Crippen LogP contribution >= 0.6 is 11.6 Å². The predicted molar refractivity (Wildman–Crippen MR) is 88.8 cm³/mol. The van der Waals surface area contributed by atoms with Gasteiger partial charge >= 0.3 is 0 Å². The molecule has 0 aromatic carbocycles. The molecule has 0 radical (unpaired) electrons. The highest BCUT2D eigenvalue weighted by atomic mass is 35.5. The first kappa shape index (κ1) is 16.3. The molecule has 0 aliphatic heterocycles. The number of hydrogen-bond donors (Lipinski definition) is 0. The van der Waals surface area contributed by atoms with Gasteiger partial charge in [0.2, 0.25) is 0 Å². The van der Waals surface area contributed by atoms with E-state index in [9.17, 15) is 4.79 Å². The maximum Gasteiger partial charge on any atom is 0.289 e. The second-order valence-electron chi connectivity index (χ2n) is 5.70. The van der Waals surface area contributed by atoms with Gasteiger partial charge in [-0.2, -0.15) is 10.2 Å². The molecule has 3 heterocycles. The van der Waals surface area contributed by atoms with E-state index in [2.05, 4.69) is 10.2 Å². The average molecular weight is 348 g/mol. The van der Waals surface area contributed by atoms with Crippen molar-refractivity contribution >= 4 is 17.5 Å². The Balaban J connectivity index is 1.67. The van der Waals surface area contributed by atoms with Crippen molar-refractivity contribution in [1.29, 1.82) is 0 Å². The number of halogens is 1. The second-order valence-corrected chi connectivity index (χ2v) is 6.13. The molecule has 0 fully saturated rings. The zero-order valence-electron chi connectivity index (χ0n) is 13.7. The average Bonchev–Trinajstić information content (AvgIpc) is 3.21. The van der Waals surface area contributed by atoms with Crippen molar-refractivity contribution in [2.75, 3.05) is 7.05 Å². The summed E-state index contributed by atoms with van der Waals surface area (Å²) in [4.78, 5) is 14.1. The lowest BCUT2D eigenvalue weighted by molar-refractivity contribution is 0.0751. The van der Waals surface area contributed by atoms with E-state index in [1.807, 2.05) is 20.2 Å². The van der Waals surface area contributed by atoms with Crippen LogP contribution in [-0.2, 0) is 20.1 Å². The Bertz CT molecular complexity index is 864. The molecule has 3 aromatic heterocycles. The first-order valence-electron chi connectivity index (χ1n) is 7.43. The van der Waals surface area contributed by atoms with Gasteiger partial charge in [-0.05, 0) is 19.1 Å². The van der Waals surface area contributed by atoms with Gasteiger partial charge in [0.05, 0.1) is 23.5 Å². The molecule has 7 nitrogen and oxygen atoms in total. The monoisotopic (exact) mass is 347 g/mol. The van der Waals surface area contributed by atoms with Crippen LogP contribution in [0.4, 0.5) is 0 Å². The molecule has 1 amide bonds. The van der Waals surface area contributed by atoms with E-state index in [0.29, 0.717) is 29.6 Å². The van der Waals surface area contributed by atoms with E-state index in [0.717, 1.165) is 11.3 Å². The molecule has 0 atom stereocenters. The number of carbonyl (C=O) groups excluding carboxylic acids is 1. The summed E-state index contributed by atoms with van der Waals surface area (Å²) in [5.41, 5.74) is 1.92. The molecule has 0 saturated heterocycles. The highest BCUT2D eigenvalue weighted by Gasteiger charge is 2.18. The van der Waals surface area contributed by atoms with Crippen molar-refractivity contribution in [3.8, 4) is 0 Å². The fraction of sp³-hybridized carbons (Fsp3) is 0.312. The third-order valence-electron chi connectivity index (χ3n) is 3.66. The molecule has 0 aliphatic carbocycles. The number of aryl methyl sites for hydroxylation is 2. The van der Waals surface area contributed by atoms with E-state index < -0.39 is 0 Å². The van der Waals surface area contributed by atoms with Crippen LogP contribution in [0.15, 0.2) is 35.1 Å². The van der Waals surface area contributed by atoms with E-state index in [-0.39, 0.29) is 5.91 Å². The van der Waals surface area contributed by atoms with Gasteiger partial charge in [0.15, 0.2) is 5.76 Å². The number of amides is 1. The van der Waals surface area contributed by atoms with Crippen LogP contribution in [0.2, 0.25) is 5.02 Å². The molecule has 0 unspecified atom stereocenters. The molecule has 3 rings (SSSR count). The van der Waals surface area contributed by atoms with Gasteiger partial charge in [-0.1, -0.05) is 11.6 Å². The lowest BCUT2D eigenvalue weighted by Crippen LogP contribution is -2.26. The quantitative estimate of drug-likeness (QED) is 0.711. The highest BCUT2D eigenvalue weighted by molar-refractivity contribution is 6.30. The van der Waals surface area contributed by atoms with E-state index in [1.54, 1.807) is 45.8 Å². The zero-order chi connectivity index (χ0) is 17.3. The van der Waals surface area contributed by atoms with Gasteiger partial charge in [0.25, 0.3) is 5.91 Å². The summed E-state index contributed by atoms with van der Waals surface area (Å²) in [6.45, 7) is 2.82. The van der Waals surface area contributed by atoms with Crippen molar-refractivity contribution in [3.05, 3.63) is 58.5 Å². The third kappa shape index (κ3) is 3.51.